The number of pyridine rings is 1. The van der Waals surface area contributed by atoms with E-state index >= 15 is 0 Å². The number of unbranched alkanes of at least 4 members (excludes halogenated alkanes) is 4. The summed E-state index contributed by atoms with van der Waals surface area (Å²) >= 11 is 0. The lowest BCUT2D eigenvalue weighted by Gasteiger charge is -2.18. The van der Waals surface area contributed by atoms with Gasteiger partial charge in [-0.25, -0.2) is 0 Å². The van der Waals surface area contributed by atoms with E-state index in [1.54, 1.807) is 12.4 Å². The predicted octanol–water partition coefficient (Wildman–Crippen LogP) is 3.31. The Morgan fingerprint density at radius 1 is 1.24 bits per heavy atom. The lowest BCUT2D eigenvalue weighted by atomic mass is 10.1. The smallest absolute Gasteiger partial charge is 0.242 e. The van der Waals surface area contributed by atoms with Crippen molar-refractivity contribution in [3.8, 4) is 0 Å². The molecule has 1 aliphatic heterocycles. The fraction of sp³-hybridized carbons (Fsp3) is 0.562. The zero-order chi connectivity index (χ0) is 15.1. The van der Waals surface area contributed by atoms with Crippen LogP contribution >= 0.6 is 0 Å². The Morgan fingerprint density at radius 2 is 1.95 bits per heavy atom. The normalized spacial score (nSPS) is 17.5. The van der Waals surface area contributed by atoms with Gasteiger partial charge in [0.1, 0.15) is 0 Å². The van der Waals surface area contributed by atoms with E-state index < -0.39 is 0 Å². The molecule has 2 rings (SSSR count). The van der Waals surface area contributed by atoms with E-state index in [1.165, 1.54) is 37.6 Å². The fourth-order valence-electron chi connectivity index (χ4n) is 2.36. The van der Waals surface area contributed by atoms with Gasteiger partial charge in [-0.05, 0) is 18.6 Å². The molecule has 0 N–H and O–H groups in total. The predicted molar refractivity (Wildman–Crippen MR) is 81.5 cm³/mol. The van der Waals surface area contributed by atoms with Crippen LogP contribution in [0.15, 0.2) is 29.6 Å². The summed E-state index contributed by atoms with van der Waals surface area (Å²) in [5.41, 5.74) is 0.852. The zero-order valence-corrected chi connectivity index (χ0v) is 12.8. The number of carbonyl (C=O) groups is 1. The van der Waals surface area contributed by atoms with Crippen LogP contribution in [0.1, 0.15) is 57.9 Å². The molecule has 2 heterocycles. The molecule has 0 aromatic carbocycles. The molecule has 0 saturated heterocycles. The van der Waals surface area contributed by atoms with Crippen molar-refractivity contribution in [1.29, 1.82) is 0 Å². The van der Waals surface area contributed by atoms with E-state index in [9.17, 15) is 4.79 Å². The Bertz CT molecular complexity index is 488. The minimum Gasteiger partial charge on any atom is -0.450 e. The molecule has 1 amide bonds. The van der Waals surface area contributed by atoms with Crippen LogP contribution < -0.4 is 0 Å². The molecule has 0 aliphatic carbocycles. The van der Waals surface area contributed by atoms with Crippen molar-refractivity contribution >= 4 is 11.8 Å². The van der Waals surface area contributed by atoms with Crippen molar-refractivity contribution in [3.05, 3.63) is 30.1 Å². The van der Waals surface area contributed by atoms with E-state index in [4.69, 9.17) is 4.74 Å². The van der Waals surface area contributed by atoms with Gasteiger partial charge in [0.15, 0.2) is 6.23 Å². The maximum atomic E-state index is 11.7. The van der Waals surface area contributed by atoms with Gasteiger partial charge in [-0.1, -0.05) is 32.6 Å². The average molecular weight is 289 g/mol. The summed E-state index contributed by atoms with van der Waals surface area (Å²) in [6.07, 6.45) is 9.89. The SMILES string of the molecule is CCCCCCCC1OC(c2ccncc2)=NN1C(C)=O. The molecule has 1 aromatic heterocycles. The number of rotatable bonds is 7. The number of ether oxygens (including phenoxy) is 1. The van der Waals surface area contributed by atoms with Crippen LogP contribution in [-0.2, 0) is 9.53 Å². The number of hydrazone groups is 1. The molecular formula is C16H23N3O2. The van der Waals surface area contributed by atoms with E-state index in [0.29, 0.717) is 5.90 Å². The van der Waals surface area contributed by atoms with Gasteiger partial charge in [-0.3, -0.25) is 9.78 Å². The highest BCUT2D eigenvalue weighted by Gasteiger charge is 2.30. The molecule has 1 aliphatic rings. The van der Waals surface area contributed by atoms with Gasteiger partial charge in [-0.15, -0.1) is 5.10 Å². The van der Waals surface area contributed by atoms with Gasteiger partial charge in [0, 0.05) is 31.3 Å². The second kappa shape index (κ2) is 7.76. The monoisotopic (exact) mass is 289 g/mol. The fourth-order valence-corrected chi connectivity index (χ4v) is 2.36. The Morgan fingerprint density at radius 3 is 2.62 bits per heavy atom. The summed E-state index contributed by atoms with van der Waals surface area (Å²) in [7, 11) is 0. The Labute approximate surface area is 126 Å². The summed E-state index contributed by atoms with van der Waals surface area (Å²) in [6.45, 7) is 3.72. The number of hydrogen-bond donors (Lipinski definition) is 0. The third-order valence-electron chi connectivity index (χ3n) is 3.52. The minimum absolute atomic E-state index is 0.0855. The van der Waals surface area contributed by atoms with E-state index in [2.05, 4.69) is 17.0 Å². The molecule has 0 spiro atoms. The lowest BCUT2D eigenvalue weighted by Crippen LogP contribution is -2.32. The summed E-state index contributed by atoms with van der Waals surface area (Å²) in [4.78, 5) is 15.7. The van der Waals surface area contributed by atoms with Crippen molar-refractivity contribution < 1.29 is 9.53 Å². The standard InChI is InChI=1S/C16H23N3O2/c1-3-4-5-6-7-8-15-19(13(2)20)18-16(21-15)14-9-11-17-12-10-14/h9-12,15H,3-8H2,1-2H3. The molecule has 0 saturated carbocycles. The molecule has 1 unspecified atom stereocenters. The van der Waals surface area contributed by atoms with Crippen LogP contribution in [0.4, 0.5) is 0 Å². The van der Waals surface area contributed by atoms with Crippen LogP contribution in [0.5, 0.6) is 0 Å². The molecule has 0 bridgehead atoms. The highest BCUT2D eigenvalue weighted by atomic mass is 16.5. The highest BCUT2D eigenvalue weighted by Crippen LogP contribution is 2.21. The van der Waals surface area contributed by atoms with Crippen molar-refractivity contribution in [2.75, 3.05) is 0 Å². The van der Waals surface area contributed by atoms with Crippen molar-refractivity contribution in [3.63, 3.8) is 0 Å². The number of nitrogens with zero attached hydrogens (tertiary/aromatic N) is 3. The molecule has 21 heavy (non-hydrogen) atoms. The number of aromatic nitrogens is 1. The van der Waals surface area contributed by atoms with Gasteiger partial charge < -0.3 is 4.74 Å². The summed E-state index contributed by atoms with van der Waals surface area (Å²) in [6, 6.07) is 3.67. The second-order valence-corrected chi connectivity index (χ2v) is 5.28. The van der Waals surface area contributed by atoms with Gasteiger partial charge in [0.2, 0.25) is 11.8 Å². The maximum absolute atomic E-state index is 11.7. The number of amides is 1. The van der Waals surface area contributed by atoms with Crippen LogP contribution in [-0.4, -0.2) is 28.0 Å². The van der Waals surface area contributed by atoms with Crippen LogP contribution in [0.2, 0.25) is 0 Å². The van der Waals surface area contributed by atoms with Crippen molar-refractivity contribution in [2.45, 2.75) is 58.6 Å². The molecular weight excluding hydrogens is 266 g/mol. The quantitative estimate of drug-likeness (QED) is 0.724. The van der Waals surface area contributed by atoms with E-state index in [1.807, 2.05) is 12.1 Å². The first-order valence-electron chi connectivity index (χ1n) is 7.68. The van der Waals surface area contributed by atoms with Gasteiger partial charge >= 0.3 is 0 Å². The molecule has 0 fully saturated rings. The van der Waals surface area contributed by atoms with Crippen LogP contribution in [0, 0.1) is 0 Å². The number of carbonyl (C=O) groups excluding carboxylic acids is 1. The Kier molecular flexibility index (Phi) is 5.72. The van der Waals surface area contributed by atoms with Crippen LogP contribution in [0.3, 0.4) is 0 Å². The molecule has 5 nitrogen and oxygen atoms in total. The van der Waals surface area contributed by atoms with E-state index in [0.717, 1.165) is 18.4 Å². The molecule has 1 aromatic rings. The summed E-state index contributed by atoms with van der Waals surface area (Å²) < 4.78 is 5.86. The van der Waals surface area contributed by atoms with E-state index in [-0.39, 0.29) is 12.1 Å². The second-order valence-electron chi connectivity index (χ2n) is 5.28. The zero-order valence-electron chi connectivity index (χ0n) is 12.8. The lowest BCUT2D eigenvalue weighted by molar-refractivity contribution is -0.135. The van der Waals surface area contributed by atoms with Crippen molar-refractivity contribution in [2.24, 2.45) is 5.10 Å². The molecule has 0 radical (unpaired) electrons. The minimum atomic E-state index is -0.271. The van der Waals surface area contributed by atoms with Gasteiger partial charge in [0.05, 0.1) is 0 Å². The third-order valence-corrected chi connectivity index (χ3v) is 3.52. The molecule has 114 valence electrons. The first-order valence-corrected chi connectivity index (χ1v) is 7.68. The highest BCUT2D eigenvalue weighted by molar-refractivity contribution is 5.96. The maximum Gasteiger partial charge on any atom is 0.242 e. The van der Waals surface area contributed by atoms with Gasteiger partial charge in [0.25, 0.3) is 0 Å². The van der Waals surface area contributed by atoms with Gasteiger partial charge in [-0.2, -0.15) is 5.01 Å². The summed E-state index contributed by atoms with van der Waals surface area (Å²) in [5, 5.41) is 5.76. The summed E-state index contributed by atoms with van der Waals surface area (Å²) in [5.74, 6) is 0.420. The first-order chi connectivity index (χ1) is 10.2. The average Bonchev–Trinajstić information content (AvgIpc) is 2.92. The number of hydrogen-bond acceptors (Lipinski definition) is 4. The topological polar surface area (TPSA) is 54.8 Å². The molecule has 1 atom stereocenters. The first kappa shape index (κ1) is 15.5. The van der Waals surface area contributed by atoms with Crippen molar-refractivity contribution in [1.82, 2.24) is 9.99 Å². The largest absolute Gasteiger partial charge is 0.450 e. The third kappa shape index (κ3) is 4.28. The Hall–Kier alpha value is -1.91. The molecule has 5 heteroatoms. The Balaban J connectivity index is 1.93. The van der Waals surface area contributed by atoms with Crippen LogP contribution in [0.25, 0.3) is 0 Å².